The van der Waals surface area contributed by atoms with E-state index in [1.807, 2.05) is 12.1 Å². The van der Waals surface area contributed by atoms with Crippen molar-refractivity contribution in [3.05, 3.63) is 47.5 Å². The summed E-state index contributed by atoms with van der Waals surface area (Å²) in [4.78, 5) is 0. The van der Waals surface area contributed by atoms with Gasteiger partial charge in [-0.3, -0.25) is 0 Å². The van der Waals surface area contributed by atoms with E-state index in [4.69, 9.17) is 5.26 Å². The Labute approximate surface area is 181 Å². The van der Waals surface area contributed by atoms with Crippen LogP contribution in [-0.2, 0) is 0 Å². The van der Waals surface area contributed by atoms with Crippen molar-refractivity contribution in [1.82, 2.24) is 0 Å². The molecule has 1 nitrogen and oxygen atoms in total. The Morgan fingerprint density at radius 1 is 0.867 bits per heavy atom. The fourth-order valence-electron chi connectivity index (χ4n) is 5.70. The summed E-state index contributed by atoms with van der Waals surface area (Å²) in [6.45, 7) is 0. The molecule has 0 radical (unpaired) electrons. The van der Waals surface area contributed by atoms with Gasteiger partial charge in [0.15, 0.2) is 0 Å². The summed E-state index contributed by atoms with van der Waals surface area (Å²) < 4.78 is 25.9. The molecule has 0 aromatic heterocycles. The molecule has 164 valence electrons. The highest BCUT2D eigenvalue weighted by Gasteiger charge is 2.25. The lowest BCUT2D eigenvalue weighted by Gasteiger charge is -2.32. The van der Waals surface area contributed by atoms with Crippen LogP contribution in [-0.4, -0.2) is 0 Å². The summed E-state index contributed by atoms with van der Waals surface area (Å²) in [5.41, 5.74) is 1.22. The monoisotopic (exact) mass is 413 g/mol. The maximum atomic E-state index is 13.9. The predicted molar refractivity (Wildman–Crippen MR) is 119 cm³/mol. The first-order valence-corrected chi connectivity index (χ1v) is 12.1. The fourth-order valence-corrected chi connectivity index (χ4v) is 5.70. The highest BCUT2D eigenvalue weighted by Crippen LogP contribution is 2.40. The van der Waals surface area contributed by atoms with Gasteiger partial charge in [0, 0.05) is 0 Å². The second kappa shape index (κ2) is 12.2. The minimum atomic E-state index is -0.371. The number of halogens is 2. The standard InChI is InChI=1S/C27H37F2N/c28-18-4-2-1-3-5-21-6-8-22(9-7-21)10-11-23-12-14-24(15-13-23)25-16-17-26(20-30)27(29)19-25/h4,16-19,21-24H,1-3,5-15H2. The fraction of sp³-hybridized carbons (Fsp3) is 0.667. The van der Waals surface area contributed by atoms with Gasteiger partial charge in [-0.1, -0.05) is 63.5 Å². The van der Waals surface area contributed by atoms with Gasteiger partial charge in [0.25, 0.3) is 0 Å². The average Bonchev–Trinajstić information content (AvgIpc) is 2.78. The molecule has 2 aliphatic carbocycles. The highest BCUT2D eigenvalue weighted by molar-refractivity contribution is 5.34. The normalized spacial score (nSPS) is 27.2. The molecule has 30 heavy (non-hydrogen) atoms. The third-order valence-electron chi connectivity index (χ3n) is 7.70. The minimum absolute atomic E-state index is 0.149. The molecular weight excluding hydrogens is 376 g/mol. The first-order chi connectivity index (χ1) is 14.7. The molecule has 0 bridgehead atoms. The summed E-state index contributed by atoms with van der Waals surface area (Å²) in [5, 5.41) is 8.90. The minimum Gasteiger partial charge on any atom is -0.216 e. The van der Waals surface area contributed by atoms with E-state index in [0.29, 0.717) is 12.2 Å². The van der Waals surface area contributed by atoms with E-state index in [-0.39, 0.29) is 11.4 Å². The number of allylic oxidation sites excluding steroid dienone is 1. The van der Waals surface area contributed by atoms with Crippen molar-refractivity contribution in [2.45, 2.75) is 95.8 Å². The summed E-state index contributed by atoms with van der Waals surface area (Å²) in [5.74, 6) is 2.74. The zero-order valence-corrected chi connectivity index (χ0v) is 18.3. The Balaban J connectivity index is 1.30. The lowest BCUT2D eigenvalue weighted by molar-refractivity contribution is 0.222. The third kappa shape index (κ3) is 6.93. The highest BCUT2D eigenvalue weighted by atomic mass is 19.1. The zero-order chi connectivity index (χ0) is 21.2. The first-order valence-electron chi connectivity index (χ1n) is 12.1. The second-order valence-electron chi connectivity index (χ2n) is 9.68. The molecule has 1 aromatic rings. The molecule has 2 fully saturated rings. The van der Waals surface area contributed by atoms with E-state index in [0.717, 1.165) is 49.0 Å². The van der Waals surface area contributed by atoms with E-state index < -0.39 is 0 Å². The Bertz CT molecular complexity index is 704. The smallest absolute Gasteiger partial charge is 0.141 e. The number of nitriles is 1. The van der Waals surface area contributed by atoms with Gasteiger partial charge in [-0.15, -0.1) is 0 Å². The van der Waals surface area contributed by atoms with Crippen LogP contribution in [0.4, 0.5) is 8.78 Å². The van der Waals surface area contributed by atoms with E-state index in [9.17, 15) is 8.78 Å². The van der Waals surface area contributed by atoms with Crippen molar-refractivity contribution in [2.24, 2.45) is 17.8 Å². The van der Waals surface area contributed by atoms with Gasteiger partial charge in [-0.25, -0.2) is 8.78 Å². The van der Waals surface area contributed by atoms with Crippen molar-refractivity contribution in [3.63, 3.8) is 0 Å². The number of hydrogen-bond acceptors (Lipinski definition) is 1. The van der Waals surface area contributed by atoms with Crippen molar-refractivity contribution in [2.75, 3.05) is 0 Å². The molecule has 2 saturated carbocycles. The SMILES string of the molecule is N#Cc1ccc(C2CCC(CCC3CCC(CCCCC=CF)CC3)CC2)cc1F. The van der Waals surface area contributed by atoms with E-state index in [2.05, 4.69) is 0 Å². The number of rotatable bonds is 9. The summed E-state index contributed by atoms with van der Waals surface area (Å²) >= 11 is 0. The lowest BCUT2D eigenvalue weighted by Crippen LogP contribution is -2.18. The molecule has 0 heterocycles. The Kier molecular flexibility index (Phi) is 9.37. The van der Waals surface area contributed by atoms with Crippen LogP contribution in [0.5, 0.6) is 0 Å². The van der Waals surface area contributed by atoms with Crippen LogP contribution in [0, 0.1) is 34.9 Å². The van der Waals surface area contributed by atoms with E-state index >= 15 is 0 Å². The second-order valence-corrected chi connectivity index (χ2v) is 9.68. The van der Waals surface area contributed by atoms with Gasteiger partial charge in [0.2, 0.25) is 0 Å². The number of benzene rings is 1. The Morgan fingerprint density at radius 3 is 2.03 bits per heavy atom. The molecule has 0 spiro atoms. The third-order valence-corrected chi connectivity index (χ3v) is 7.70. The summed E-state index contributed by atoms with van der Waals surface area (Å²) in [6.07, 6.45) is 20.0. The molecule has 1 aromatic carbocycles. The Hall–Kier alpha value is -1.69. The van der Waals surface area contributed by atoms with Crippen LogP contribution in [0.25, 0.3) is 0 Å². The summed E-state index contributed by atoms with van der Waals surface area (Å²) in [7, 11) is 0. The first kappa shape index (κ1) is 23.0. The van der Waals surface area contributed by atoms with Gasteiger partial charge >= 0.3 is 0 Å². The topological polar surface area (TPSA) is 23.8 Å². The predicted octanol–water partition coefficient (Wildman–Crippen LogP) is 8.60. The quantitative estimate of drug-likeness (QED) is 0.372. The van der Waals surface area contributed by atoms with E-state index in [1.54, 1.807) is 18.2 Å². The van der Waals surface area contributed by atoms with Crippen molar-refractivity contribution >= 4 is 0 Å². The van der Waals surface area contributed by atoms with Gasteiger partial charge in [0.1, 0.15) is 11.9 Å². The van der Waals surface area contributed by atoms with Crippen molar-refractivity contribution in [1.29, 1.82) is 5.26 Å². The van der Waals surface area contributed by atoms with Gasteiger partial charge in [-0.2, -0.15) is 5.26 Å². The lowest BCUT2D eigenvalue weighted by atomic mass is 9.74. The molecular formula is C27H37F2N. The van der Waals surface area contributed by atoms with Crippen LogP contribution < -0.4 is 0 Å². The molecule has 0 saturated heterocycles. The molecule has 0 atom stereocenters. The average molecular weight is 414 g/mol. The number of nitrogens with zero attached hydrogens (tertiary/aromatic N) is 1. The van der Waals surface area contributed by atoms with Crippen molar-refractivity contribution in [3.8, 4) is 6.07 Å². The summed E-state index contributed by atoms with van der Waals surface area (Å²) in [6, 6.07) is 7.07. The maximum absolute atomic E-state index is 13.9. The van der Waals surface area contributed by atoms with Gasteiger partial charge < -0.3 is 0 Å². The van der Waals surface area contributed by atoms with Crippen LogP contribution in [0.3, 0.4) is 0 Å². The number of unbranched alkanes of at least 4 members (excludes halogenated alkanes) is 2. The van der Waals surface area contributed by atoms with E-state index in [1.165, 1.54) is 64.2 Å². The zero-order valence-electron chi connectivity index (χ0n) is 18.3. The largest absolute Gasteiger partial charge is 0.216 e. The van der Waals surface area contributed by atoms with Crippen LogP contribution >= 0.6 is 0 Å². The van der Waals surface area contributed by atoms with Crippen LogP contribution in [0.2, 0.25) is 0 Å². The van der Waals surface area contributed by atoms with Crippen LogP contribution in [0.1, 0.15) is 107 Å². The molecule has 3 rings (SSSR count). The van der Waals surface area contributed by atoms with Gasteiger partial charge in [0.05, 0.1) is 11.9 Å². The maximum Gasteiger partial charge on any atom is 0.141 e. The molecule has 3 heteroatoms. The van der Waals surface area contributed by atoms with Crippen molar-refractivity contribution < 1.29 is 8.78 Å². The van der Waals surface area contributed by atoms with Crippen LogP contribution in [0.15, 0.2) is 30.6 Å². The van der Waals surface area contributed by atoms with Gasteiger partial charge in [-0.05, 0) is 79.9 Å². The molecule has 0 N–H and O–H groups in total. The molecule has 0 aliphatic heterocycles. The molecule has 2 aliphatic rings. The Morgan fingerprint density at radius 2 is 1.47 bits per heavy atom. The molecule has 0 unspecified atom stereocenters. The molecule has 0 amide bonds. The number of hydrogen-bond donors (Lipinski definition) is 0.